The number of rotatable bonds is 3. The van der Waals surface area contributed by atoms with Crippen LogP contribution in [0.5, 0.6) is 0 Å². The number of aromatic nitrogens is 2. The first kappa shape index (κ1) is 9.47. The molecule has 15 heavy (non-hydrogen) atoms. The minimum atomic E-state index is 0.377. The zero-order valence-electron chi connectivity index (χ0n) is 8.30. The molecule has 0 N–H and O–H groups in total. The van der Waals surface area contributed by atoms with E-state index in [1.165, 1.54) is 5.56 Å². The Morgan fingerprint density at radius 3 is 2.80 bits per heavy atom. The van der Waals surface area contributed by atoms with Crippen molar-refractivity contribution in [3.63, 3.8) is 0 Å². The number of imidazole rings is 1. The van der Waals surface area contributed by atoms with Crippen LogP contribution in [-0.4, -0.2) is 9.55 Å². The van der Waals surface area contributed by atoms with Gasteiger partial charge in [-0.3, -0.25) is 0 Å². The van der Waals surface area contributed by atoms with Gasteiger partial charge in [0.1, 0.15) is 0 Å². The Labute approximate surface area is 88.6 Å². The lowest BCUT2D eigenvalue weighted by Gasteiger charge is -2.00. The number of nitrogens with zero attached hydrogens (tertiary/aromatic N) is 3. The van der Waals surface area contributed by atoms with Crippen molar-refractivity contribution < 1.29 is 0 Å². The Balaban J connectivity index is 2.09. The van der Waals surface area contributed by atoms with E-state index < -0.39 is 0 Å². The number of hydrogen-bond acceptors (Lipinski definition) is 2. The first-order valence-electron chi connectivity index (χ1n) is 4.80. The summed E-state index contributed by atoms with van der Waals surface area (Å²) >= 11 is 0. The second kappa shape index (κ2) is 4.43. The van der Waals surface area contributed by atoms with E-state index in [2.05, 4.69) is 23.2 Å². The van der Waals surface area contributed by atoms with Gasteiger partial charge >= 0.3 is 0 Å². The zero-order chi connectivity index (χ0) is 10.5. The van der Waals surface area contributed by atoms with Crippen molar-refractivity contribution in [2.75, 3.05) is 0 Å². The fraction of sp³-hybridized carbons (Fsp3) is 0.167. The van der Waals surface area contributed by atoms with Crippen molar-refractivity contribution in [3.05, 3.63) is 54.1 Å². The zero-order valence-corrected chi connectivity index (χ0v) is 8.30. The predicted octanol–water partition coefficient (Wildman–Crippen LogP) is 2.00. The Hall–Kier alpha value is -2.08. The van der Waals surface area contributed by atoms with Crippen molar-refractivity contribution in [1.82, 2.24) is 9.55 Å². The highest BCUT2D eigenvalue weighted by Gasteiger charge is 1.98. The van der Waals surface area contributed by atoms with Gasteiger partial charge in [0.05, 0.1) is 24.5 Å². The average Bonchev–Trinajstić information content (AvgIpc) is 2.68. The third-order valence-electron chi connectivity index (χ3n) is 2.15. The number of hydrogen-bond donors (Lipinski definition) is 0. The summed E-state index contributed by atoms with van der Waals surface area (Å²) in [4.78, 5) is 4.14. The summed E-state index contributed by atoms with van der Waals surface area (Å²) in [5.74, 6) is 0. The molecule has 0 aliphatic heterocycles. The van der Waals surface area contributed by atoms with E-state index >= 15 is 0 Å². The highest BCUT2D eigenvalue weighted by atomic mass is 15.0. The van der Waals surface area contributed by atoms with Crippen molar-refractivity contribution >= 4 is 0 Å². The van der Waals surface area contributed by atoms with Crippen LogP contribution >= 0.6 is 0 Å². The fourth-order valence-corrected chi connectivity index (χ4v) is 1.46. The Bertz CT molecular complexity index is 465. The second-order valence-electron chi connectivity index (χ2n) is 3.36. The third-order valence-corrected chi connectivity index (χ3v) is 2.15. The van der Waals surface area contributed by atoms with Crippen molar-refractivity contribution in [2.24, 2.45) is 0 Å². The van der Waals surface area contributed by atoms with Gasteiger partial charge in [-0.1, -0.05) is 30.3 Å². The van der Waals surface area contributed by atoms with E-state index in [0.717, 1.165) is 12.2 Å². The molecule has 3 nitrogen and oxygen atoms in total. The molecule has 0 radical (unpaired) electrons. The van der Waals surface area contributed by atoms with Gasteiger partial charge in [0, 0.05) is 12.7 Å². The maximum atomic E-state index is 8.52. The van der Waals surface area contributed by atoms with Gasteiger partial charge in [0.15, 0.2) is 0 Å². The van der Waals surface area contributed by atoms with Gasteiger partial charge in [0.25, 0.3) is 0 Å². The molecule has 1 aromatic carbocycles. The molecule has 2 aromatic rings. The molecule has 0 bridgehead atoms. The lowest BCUT2D eigenvalue weighted by molar-refractivity contribution is 0.796. The molecule has 0 atom stereocenters. The first-order chi connectivity index (χ1) is 7.38. The molecule has 1 heterocycles. The second-order valence-corrected chi connectivity index (χ2v) is 3.36. The molecule has 0 aliphatic rings. The van der Waals surface area contributed by atoms with E-state index in [9.17, 15) is 0 Å². The molecule has 74 valence electrons. The summed E-state index contributed by atoms with van der Waals surface area (Å²) in [5.41, 5.74) is 2.06. The standard InChI is InChI=1S/C12H11N3/c13-7-6-12-9-15(10-14-12)8-11-4-2-1-3-5-11/h1-5,9-10H,6,8H2. The van der Waals surface area contributed by atoms with Crippen LogP contribution in [0.1, 0.15) is 11.3 Å². The predicted molar refractivity (Wildman–Crippen MR) is 57.1 cm³/mol. The largest absolute Gasteiger partial charge is 0.333 e. The first-order valence-corrected chi connectivity index (χ1v) is 4.80. The summed E-state index contributed by atoms with van der Waals surface area (Å²) in [6, 6.07) is 12.3. The third kappa shape index (κ3) is 2.44. The quantitative estimate of drug-likeness (QED) is 0.755. The highest BCUT2D eigenvalue weighted by Crippen LogP contribution is 2.03. The van der Waals surface area contributed by atoms with E-state index in [4.69, 9.17) is 5.26 Å². The van der Waals surface area contributed by atoms with Crippen LogP contribution in [0.2, 0.25) is 0 Å². The highest BCUT2D eigenvalue weighted by molar-refractivity contribution is 5.15. The lowest BCUT2D eigenvalue weighted by atomic mass is 10.2. The van der Waals surface area contributed by atoms with E-state index in [1.54, 1.807) is 6.33 Å². The van der Waals surface area contributed by atoms with Gasteiger partial charge in [-0.2, -0.15) is 5.26 Å². The van der Waals surface area contributed by atoms with Crippen molar-refractivity contribution in [1.29, 1.82) is 5.26 Å². The summed E-state index contributed by atoms with van der Waals surface area (Å²) < 4.78 is 1.99. The van der Waals surface area contributed by atoms with Gasteiger partial charge in [-0.05, 0) is 5.56 Å². The summed E-state index contributed by atoms with van der Waals surface area (Å²) in [7, 11) is 0. The summed E-state index contributed by atoms with van der Waals surface area (Å²) in [5, 5.41) is 8.52. The van der Waals surface area contributed by atoms with E-state index in [-0.39, 0.29) is 0 Å². The normalized spacial score (nSPS) is 9.80. The van der Waals surface area contributed by atoms with Crippen LogP contribution in [0.15, 0.2) is 42.9 Å². The Morgan fingerprint density at radius 2 is 2.07 bits per heavy atom. The Kier molecular flexibility index (Phi) is 2.80. The topological polar surface area (TPSA) is 41.6 Å². The summed E-state index contributed by atoms with van der Waals surface area (Å²) in [6.07, 6.45) is 4.05. The molecule has 0 spiro atoms. The molecule has 1 aromatic heterocycles. The molecule has 0 saturated heterocycles. The minimum absolute atomic E-state index is 0.377. The molecule has 0 unspecified atom stereocenters. The van der Waals surface area contributed by atoms with Crippen LogP contribution in [0.3, 0.4) is 0 Å². The van der Waals surface area contributed by atoms with Crippen molar-refractivity contribution in [2.45, 2.75) is 13.0 Å². The van der Waals surface area contributed by atoms with Crippen LogP contribution in [0.25, 0.3) is 0 Å². The maximum absolute atomic E-state index is 8.52. The van der Waals surface area contributed by atoms with Crippen LogP contribution in [0.4, 0.5) is 0 Å². The fourth-order valence-electron chi connectivity index (χ4n) is 1.46. The molecule has 2 rings (SSSR count). The minimum Gasteiger partial charge on any atom is -0.333 e. The van der Waals surface area contributed by atoms with Crippen LogP contribution in [0, 0.1) is 11.3 Å². The molecule has 0 saturated carbocycles. The van der Waals surface area contributed by atoms with E-state index in [1.807, 2.05) is 29.0 Å². The smallest absolute Gasteiger partial charge is 0.0952 e. The summed E-state index contributed by atoms with van der Waals surface area (Å²) in [6.45, 7) is 0.805. The van der Waals surface area contributed by atoms with Crippen LogP contribution in [-0.2, 0) is 13.0 Å². The molecule has 0 amide bonds. The monoisotopic (exact) mass is 197 g/mol. The SMILES string of the molecule is N#CCc1cn(Cc2ccccc2)cn1. The van der Waals surface area contributed by atoms with Gasteiger partial charge < -0.3 is 4.57 Å². The lowest BCUT2D eigenvalue weighted by Crippen LogP contribution is -1.95. The molecule has 3 heteroatoms. The van der Waals surface area contributed by atoms with Gasteiger partial charge in [-0.15, -0.1) is 0 Å². The maximum Gasteiger partial charge on any atom is 0.0952 e. The van der Waals surface area contributed by atoms with E-state index in [0.29, 0.717) is 6.42 Å². The molecular weight excluding hydrogens is 186 g/mol. The van der Waals surface area contributed by atoms with Crippen LogP contribution < -0.4 is 0 Å². The molecular formula is C12H11N3. The Morgan fingerprint density at radius 1 is 1.27 bits per heavy atom. The average molecular weight is 197 g/mol. The number of nitriles is 1. The van der Waals surface area contributed by atoms with Gasteiger partial charge in [0.2, 0.25) is 0 Å². The number of benzene rings is 1. The van der Waals surface area contributed by atoms with Crippen molar-refractivity contribution in [3.8, 4) is 6.07 Å². The molecule has 0 fully saturated rings. The van der Waals surface area contributed by atoms with Gasteiger partial charge in [-0.25, -0.2) is 4.98 Å². The molecule has 0 aliphatic carbocycles.